The molecule has 92 valence electrons. The summed E-state index contributed by atoms with van der Waals surface area (Å²) in [6.07, 6.45) is 7.62. The molecule has 0 aromatic heterocycles. The molecule has 2 N–H and O–H groups in total. The van der Waals surface area contributed by atoms with Gasteiger partial charge in [0.2, 0.25) is 5.91 Å². The Morgan fingerprint density at radius 2 is 2.06 bits per heavy atom. The van der Waals surface area contributed by atoms with Crippen LogP contribution in [0.2, 0.25) is 0 Å². The van der Waals surface area contributed by atoms with Crippen molar-refractivity contribution in [2.24, 2.45) is 11.7 Å². The average Bonchev–Trinajstić information content (AvgIpc) is 2.76. The number of hydrogen-bond donors (Lipinski definition) is 1. The van der Waals surface area contributed by atoms with Crippen molar-refractivity contribution >= 4 is 5.91 Å². The van der Waals surface area contributed by atoms with E-state index in [2.05, 4.69) is 6.92 Å². The van der Waals surface area contributed by atoms with Gasteiger partial charge in [-0.3, -0.25) is 4.79 Å². The molecule has 1 aliphatic heterocycles. The van der Waals surface area contributed by atoms with Crippen LogP contribution in [0.15, 0.2) is 0 Å². The van der Waals surface area contributed by atoms with Gasteiger partial charge in [-0.2, -0.15) is 0 Å². The monoisotopic (exact) mass is 224 g/mol. The molecule has 1 saturated carbocycles. The number of rotatable bonds is 2. The highest BCUT2D eigenvalue weighted by Gasteiger charge is 2.40. The Labute approximate surface area is 98.4 Å². The highest BCUT2D eigenvalue weighted by atomic mass is 16.2. The molecule has 16 heavy (non-hydrogen) atoms. The number of nitrogens with zero attached hydrogens (tertiary/aromatic N) is 1. The van der Waals surface area contributed by atoms with Gasteiger partial charge in [-0.15, -0.1) is 0 Å². The number of likely N-dealkylation sites (tertiary alicyclic amines) is 1. The number of carbonyl (C=O) groups is 1. The molecule has 0 bridgehead atoms. The van der Waals surface area contributed by atoms with Crippen LogP contribution in [0.4, 0.5) is 0 Å². The molecule has 3 nitrogen and oxygen atoms in total. The lowest BCUT2D eigenvalue weighted by Crippen LogP contribution is -2.55. The maximum absolute atomic E-state index is 12.4. The Balaban J connectivity index is 1.98. The zero-order chi connectivity index (χ0) is 11.6. The molecule has 1 amide bonds. The summed E-state index contributed by atoms with van der Waals surface area (Å²) in [4.78, 5) is 14.4. The summed E-state index contributed by atoms with van der Waals surface area (Å²) in [6.45, 7) is 4.08. The first kappa shape index (κ1) is 11.9. The zero-order valence-corrected chi connectivity index (χ0v) is 10.4. The first-order valence-electron chi connectivity index (χ1n) is 6.74. The smallest absolute Gasteiger partial charge is 0.242 e. The fourth-order valence-corrected chi connectivity index (χ4v) is 3.12. The number of amides is 1. The maximum Gasteiger partial charge on any atom is 0.242 e. The van der Waals surface area contributed by atoms with E-state index in [4.69, 9.17) is 5.73 Å². The number of hydrogen-bond acceptors (Lipinski definition) is 2. The minimum absolute atomic E-state index is 0.225. The number of nitrogens with two attached hydrogens (primary N) is 1. The van der Waals surface area contributed by atoms with Crippen LogP contribution in [0, 0.1) is 5.92 Å². The van der Waals surface area contributed by atoms with E-state index in [1.165, 1.54) is 12.8 Å². The zero-order valence-electron chi connectivity index (χ0n) is 10.4. The molecule has 0 spiro atoms. The Hall–Kier alpha value is -0.570. The van der Waals surface area contributed by atoms with Crippen LogP contribution in [0.3, 0.4) is 0 Å². The van der Waals surface area contributed by atoms with Gasteiger partial charge in [0.1, 0.15) is 0 Å². The highest BCUT2D eigenvalue weighted by molar-refractivity contribution is 5.86. The lowest BCUT2D eigenvalue weighted by atomic mass is 9.91. The third-order valence-electron chi connectivity index (χ3n) is 4.31. The fourth-order valence-electron chi connectivity index (χ4n) is 3.12. The Bertz CT molecular complexity index is 259. The van der Waals surface area contributed by atoms with Crippen molar-refractivity contribution in [1.82, 2.24) is 4.90 Å². The van der Waals surface area contributed by atoms with Gasteiger partial charge < -0.3 is 10.6 Å². The van der Waals surface area contributed by atoms with Crippen LogP contribution in [0.5, 0.6) is 0 Å². The standard InChI is InChI=1S/C13H24N2O/c1-2-11-6-5-9-15(10-11)12(16)13(14)7-3-4-8-13/h11H,2-10,14H2,1H3. The second-order valence-electron chi connectivity index (χ2n) is 5.53. The van der Waals surface area contributed by atoms with Crippen LogP contribution in [0.1, 0.15) is 51.9 Å². The SMILES string of the molecule is CCC1CCCN(C(=O)C2(N)CCCC2)C1. The first-order chi connectivity index (χ1) is 7.65. The van der Waals surface area contributed by atoms with Gasteiger partial charge in [-0.1, -0.05) is 26.2 Å². The maximum atomic E-state index is 12.4. The van der Waals surface area contributed by atoms with Crippen LogP contribution in [-0.4, -0.2) is 29.4 Å². The lowest BCUT2D eigenvalue weighted by molar-refractivity contribution is -0.138. The van der Waals surface area contributed by atoms with E-state index < -0.39 is 5.54 Å². The molecule has 1 heterocycles. The van der Waals surface area contributed by atoms with Gasteiger partial charge in [-0.25, -0.2) is 0 Å². The largest absolute Gasteiger partial charge is 0.341 e. The van der Waals surface area contributed by atoms with E-state index in [-0.39, 0.29) is 5.91 Å². The van der Waals surface area contributed by atoms with Crippen molar-refractivity contribution in [3.05, 3.63) is 0 Å². The third-order valence-corrected chi connectivity index (χ3v) is 4.31. The van der Waals surface area contributed by atoms with Gasteiger partial charge in [0.25, 0.3) is 0 Å². The van der Waals surface area contributed by atoms with E-state index in [1.807, 2.05) is 4.90 Å². The number of piperidine rings is 1. The van der Waals surface area contributed by atoms with Gasteiger partial charge in [0.15, 0.2) is 0 Å². The fraction of sp³-hybridized carbons (Fsp3) is 0.923. The topological polar surface area (TPSA) is 46.3 Å². The van der Waals surface area contributed by atoms with Crippen molar-refractivity contribution in [2.45, 2.75) is 57.4 Å². The molecule has 2 rings (SSSR count). The van der Waals surface area contributed by atoms with Gasteiger partial charge in [0.05, 0.1) is 5.54 Å². The summed E-state index contributed by atoms with van der Waals surface area (Å²) in [7, 11) is 0. The first-order valence-corrected chi connectivity index (χ1v) is 6.74. The summed E-state index contributed by atoms with van der Waals surface area (Å²) in [5, 5.41) is 0. The second-order valence-corrected chi connectivity index (χ2v) is 5.53. The van der Waals surface area contributed by atoms with E-state index in [0.717, 1.165) is 45.2 Å². The average molecular weight is 224 g/mol. The predicted octanol–water partition coefficient (Wildman–Crippen LogP) is 1.91. The number of carbonyl (C=O) groups excluding carboxylic acids is 1. The van der Waals surface area contributed by atoms with Crippen LogP contribution in [-0.2, 0) is 4.79 Å². The van der Waals surface area contributed by atoms with Crippen molar-refractivity contribution in [3.8, 4) is 0 Å². The van der Waals surface area contributed by atoms with Crippen LogP contribution < -0.4 is 5.73 Å². The molecule has 0 aromatic rings. The van der Waals surface area contributed by atoms with Crippen LogP contribution >= 0.6 is 0 Å². The minimum Gasteiger partial charge on any atom is -0.341 e. The molecule has 0 radical (unpaired) electrons. The summed E-state index contributed by atoms with van der Waals surface area (Å²) in [5.74, 6) is 0.922. The summed E-state index contributed by atoms with van der Waals surface area (Å²) in [5.41, 5.74) is 5.71. The predicted molar refractivity (Wildman–Crippen MR) is 65.0 cm³/mol. The van der Waals surface area contributed by atoms with E-state index in [1.54, 1.807) is 0 Å². The molecule has 3 heteroatoms. The Kier molecular flexibility index (Phi) is 3.53. The van der Waals surface area contributed by atoms with Gasteiger partial charge in [0, 0.05) is 13.1 Å². The molecule has 0 aromatic carbocycles. The summed E-state index contributed by atoms with van der Waals surface area (Å²) < 4.78 is 0. The Morgan fingerprint density at radius 1 is 1.38 bits per heavy atom. The molecular formula is C13H24N2O. The molecule has 1 saturated heterocycles. The van der Waals surface area contributed by atoms with E-state index in [9.17, 15) is 4.79 Å². The van der Waals surface area contributed by atoms with Gasteiger partial charge >= 0.3 is 0 Å². The molecular weight excluding hydrogens is 200 g/mol. The molecule has 2 aliphatic rings. The molecule has 1 unspecified atom stereocenters. The van der Waals surface area contributed by atoms with Gasteiger partial charge in [-0.05, 0) is 31.6 Å². The van der Waals surface area contributed by atoms with Crippen molar-refractivity contribution in [2.75, 3.05) is 13.1 Å². The molecule has 1 aliphatic carbocycles. The second kappa shape index (κ2) is 4.74. The summed E-state index contributed by atoms with van der Waals surface area (Å²) in [6, 6.07) is 0. The normalized spacial score (nSPS) is 29.4. The summed E-state index contributed by atoms with van der Waals surface area (Å²) >= 11 is 0. The quantitative estimate of drug-likeness (QED) is 0.778. The highest BCUT2D eigenvalue weighted by Crippen LogP contribution is 2.30. The third kappa shape index (κ3) is 2.24. The van der Waals surface area contributed by atoms with Crippen molar-refractivity contribution in [1.29, 1.82) is 0 Å². The van der Waals surface area contributed by atoms with E-state index >= 15 is 0 Å². The van der Waals surface area contributed by atoms with Crippen molar-refractivity contribution < 1.29 is 4.79 Å². The lowest BCUT2D eigenvalue weighted by Gasteiger charge is -2.37. The van der Waals surface area contributed by atoms with Crippen molar-refractivity contribution in [3.63, 3.8) is 0 Å². The molecule has 2 fully saturated rings. The minimum atomic E-state index is -0.518. The van der Waals surface area contributed by atoms with E-state index in [0.29, 0.717) is 5.92 Å². The van der Waals surface area contributed by atoms with Crippen LogP contribution in [0.25, 0.3) is 0 Å². The molecule has 1 atom stereocenters. The Morgan fingerprint density at radius 3 is 2.69 bits per heavy atom.